The molecule has 12 aromatic rings. The van der Waals surface area contributed by atoms with E-state index in [2.05, 4.69) is 211 Å². The Balaban J connectivity index is 1.00. The number of hydrogen-bond acceptors (Lipinski definition) is 4. The molecule has 0 aliphatic rings. The molecule has 0 saturated carbocycles. The molecule has 0 N–H and O–H groups in total. The highest BCUT2D eigenvalue weighted by Crippen LogP contribution is 2.42. The molecule has 9 aromatic carbocycles. The summed E-state index contributed by atoms with van der Waals surface area (Å²) in [6.07, 6.45) is 0. The summed E-state index contributed by atoms with van der Waals surface area (Å²) in [5.74, 6) is 1.77. The highest BCUT2D eigenvalue weighted by atomic mass is 16.3. The Morgan fingerprint density at radius 3 is 1.50 bits per heavy atom. The largest absolute Gasteiger partial charge is 0.456 e. The molecule has 12 rings (SSSR count). The molecule has 5 nitrogen and oxygen atoms in total. The van der Waals surface area contributed by atoms with Crippen LogP contribution in [0, 0.1) is 0 Å². The topological polar surface area (TPSA) is 56.7 Å². The van der Waals surface area contributed by atoms with E-state index in [1.54, 1.807) is 0 Å². The van der Waals surface area contributed by atoms with Crippen molar-refractivity contribution in [2.24, 2.45) is 0 Å². The number of fused-ring (bicyclic) bond motifs is 6. The monoisotopic (exact) mass is 792 g/mol. The highest BCUT2D eigenvalue weighted by molar-refractivity contribution is 6.15. The molecule has 0 unspecified atom stereocenters. The molecule has 0 saturated heterocycles. The number of para-hydroxylation sites is 3. The van der Waals surface area contributed by atoms with Crippen LogP contribution in [0.5, 0.6) is 0 Å². The van der Waals surface area contributed by atoms with Crippen molar-refractivity contribution in [2.45, 2.75) is 0 Å². The summed E-state index contributed by atoms with van der Waals surface area (Å²) >= 11 is 0. The standard InChI is InChI=1S/C57H36N4O/c1-3-15-37(16-4-1)39-29-31-40(32-30-39)55-58-56(42-20-13-19-41(35-42)38-17-5-2-6-18-38)60-57(59-55)43-33-34-48-53(36-43)62-52-28-14-24-47(54(48)52)46-23-9-12-27-51(46)61-49-25-10-7-21-44(49)45-22-8-11-26-50(45)61/h1-36H. The number of rotatable bonds is 7. The maximum atomic E-state index is 6.72. The van der Waals surface area contributed by atoms with E-state index in [9.17, 15) is 0 Å². The molecule has 3 aromatic heterocycles. The second-order valence-electron chi connectivity index (χ2n) is 15.6. The number of nitrogens with zero attached hydrogens (tertiary/aromatic N) is 4. The van der Waals surface area contributed by atoms with Crippen molar-refractivity contribution in [1.29, 1.82) is 0 Å². The van der Waals surface area contributed by atoms with Gasteiger partial charge in [0.2, 0.25) is 0 Å². The zero-order valence-corrected chi connectivity index (χ0v) is 33.5. The second kappa shape index (κ2) is 14.7. The Hall–Kier alpha value is -8.41. The molecule has 0 aliphatic carbocycles. The predicted molar refractivity (Wildman–Crippen MR) is 254 cm³/mol. The fourth-order valence-corrected chi connectivity index (χ4v) is 8.94. The van der Waals surface area contributed by atoms with Crippen molar-refractivity contribution in [1.82, 2.24) is 19.5 Å². The molecule has 62 heavy (non-hydrogen) atoms. The van der Waals surface area contributed by atoms with Crippen molar-refractivity contribution in [3.05, 3.63) is 218 Å². The maximum Gasteiger partial charge on any atom is 0.164 e. The molecule has 0 spiro atoms. The van der Waals surface area contributed by atoms with Gasteiger partial charge in [-0.15, -0.1) is 0 Å². The fourth-order valence-electron chi connectivity index (χ4n) is 8.94. The normalized spacial score (nSPS) is 11.5. The van der Waals surface area contributed by atoms with E-state index in [4.69, 9.17) is 19.4 Å². The zero-order chi connectivity index (χ0) is 41.0. The minimum absolute atomic E-state index is 0.571. The lowest BCUT2D eigenvalue weighted by atomic mass is 9.97. The SMILES string of the molecule is c1ccc(-c2ccc(-c3nc(-c4cccc(-c5ccccc5)c4)nc(-c4ccc5c(c4)oc4cccc(-c6ccccc6-n6c7ccccc7c7ccccc76)c45)n3)cc2)cc1. The molecular weight excluding hydrogens is 757 g/mol. The maximum absolute atomic E-state index is 6.72. The van der Waals surface area contributed by atoms with E-state index < -0.39 is 0 Å². The van der Waals surface area contributed by atoms with Crippen LogP contribution in [0.1, 0.15) is 0 Å². The molecule has 290 valence electrons. The van der Waals surface area contributed by atoms with Gasteiger partial charge in [0.25, 0.3) is 0 Å². The average Bonchev–Trinajstić information content (AvgIpc) is 3.90. The molecule has 0 aliphatic heterocycles. The van der Waals surface area contributed by atoms with Crippen LogP contribution in [0.3, 0.4) is 0 Å². The quantitative estimate of drug-likeness (QED) is 0.161. The number of aromatic nitrogens is 4. The van der Waals surface area contributed by atoms with Crippen LogP contribution >= 0.6 is 0 Å². The van der Waals surface area contributed by atoms with Gasteiger partial charge >= 0.3 is 0 Å². The molecule has 3 heterocycles. The van der Waals surface area contributed by atoms with E-state index in [-0.39, 0.29) is 0 Å². The molecule has 5 heteroatoms. The summed E-state index contributed by atoms with van der Waals surface area (Å²) in [5, 5.41) is 4.55. The second-order valence-corrected chi connectivity index (χ2v) is 15.6. The van der Waals surface area contributed by atoms with Gasteiger partial charge in [-0.05, 0) is 70.3 Å². The van der Waals surface area contributed by atoms with Gasteiger partial charge in [0.1, 0.15) is 11.2 Å². The first kappa shape index (κ1) is 35.5. The van der Waals surface area contributed by atoms with E-state index in [0.29, 0.717) is 17.5 Å². The van der Waals surface area contributed by atoms with Crippen LogP contribution in [-0.4, -0.2) is 19.5 Å². The summed E-state index contributed by atoms with van der Waals surface area (Å²) in [7, 11) is 0. The first-order chi connectivity index (χ1) is 30.7. The van der Waals surface area contributed by atoms with Gasteiger partial charge in [-0.3, -0.25) is 0 Å². The first-order valence-electron chi connectivity index (χ1n) is 20.8. The Morgan fingerprint density at radius 2 is 0.790 bits per heavy atom. The Kier molecular flexibility index (Phi) is 8.42. The van der Waals surface area contributed by atoms with Crippen LogP contribution in [-0.2, 0) is 0 Å². The number of benzene rings is 9. The summed E-state index contributed by atoms with van der Waals surface area (Å²) < 4.78 is 9.11. The summed E-state index contributed by atoms with van der Waals surface area (Å²) in [5.41, 5.74) is 14.4. The van der Waals surface area contributed by atoms with Gasteiger partial charge in [0, 0.05) is 43.8 Å². The van der Waals surface area contributed by atoms with E-state index in [1.165, 1.54) is 21.8 Å². The van der Waals surface area contributed by atoms with Crippen molar-refractivity contribution in [2.75, 3.05) is 0 Å². The van der Waals surface area contributed by atoms with E-state index in [1.807, 2.05) is 12.1 Å². The number of furan rings is 1. The van der Waals surface area contributed by atoms with Crippen LogP contribution in [0.25, 0.3) is 117 Å². The Labute approximate surface area is 357 Å². The van der Waals surface area contributed by atoms with Gasteiger partial charge in [0.15, 0.2) is 17.5 Å². The Morgan fingerprint density at radius 1 is 0.306 bits per heavy atom. The van der Waals surface area contributed by atoms with Crippen LogP contribution in [0.2, 0.25) is 0 Å². The summed E-state index contributed by atoms with van der Waals surface area (Å²) in [6.45, 7) is 0. The summed E-state index contributed by atoms with van der Waals surface area (Å²) in [4.78, 5) is 15.4. The van der Waals surface area contributed by atoms with Crippen LogP contribution < -0.4 is 0 Å². The first-order valence-corrected chi connectivity index (χ1v) is 20.8. The predicted octanol–water partition coefficient (Wildman–Crippen LogP) is 14.9. The van der Waals surface area contributed by atoms with Crippen molar-refractivity contribution in [3.8, 4) is 73.2 Å². The lowest BCUT2D eigenvalue weighted by Gasteiger charge is -2.14. The Bertz CT molecular complexity index is 3570. The van der Waals surface area contributed by atoms with Gasteiger partial charge < -0.3 is 8.98 Å². The summed E-state index contributed by atoms with van der Waals surface area (Å²) in [6, 6.07) is 76.2. The number of hydrogen-bond donors (Lipinski definition) is 0. The zero-order valence-electron chi connectivity index (χ0n) is 33.5. The smallest absolute Gasteiger partial charge is 0.164 e. The molecule has 0 atom stereocenters. The van der Waals surface area contributed by atoms with Crippen molar-refractivity contribution in [3.63, 3.8) is 0 Å². The van der Waals surface area contributed by atoms with Gasteiger partial charge in [-0.25, -0.2) is 15.0 Å². The van der Waals surface area contributed by atoms with E-state index in [0.717, 1.165) is 77.7 Å². The molecule has 0 fully saturated rings. The lowest BCUT2D eigenvalue weighted by Crippen LogP contribution is -2.00. The van der Waals surface area contributed by atoms with Gasteiger partial charge in [-0.2, -0.15) is 0 Å². The molecule has 0 bridgehead atoms. The van der Waals surface area contributed by atoms with E-state index >= 15 is 0 Å². The third-order valence-electron chi connectivity index (χ3n) is 11.9. The van der Waals surface area contributed by atoms with Crippen LogP contribution in [0.4, 0.5) is 0 Å². The minimum Gasteiger partial charge on any atom is -0.456 e. The third-order valence-corrected chi connectivity index (χ3v) is 11.9. The molecule has 0 radical (unpaired) electrons. The third kappa shape index (κ3) is 6.06. The lowest BCUT2D eigenvalue weighted by molar-refractivity contribution is 0.669. The highest BCUT2D eigenvalue weighted by Gasteiger charge is 2.20. The van der Waals surface area contributed by atoms with Crippen LogP contribution in [0.15, 0.2) is 223 Å². The fraction of sp³-hybridized carbons (Fsp3) is 0. The van der Waals surface area contributed by atoms with Gasteiger partial charge in [0.05, 0.1) is 16.7 Å². The van der Waals surface area contributed by atoms with Crippen molar-refractivity contribution >= 4 is 43.7 Å². The average molecular weight is 793 g/mol. The molecule has 0 amide bonds. The minimum atomic E-state index is 0.571. The van der Waals surface area contributed by atoms with Gasteiger partial charge in [-0.1, -0.05) is 176 Å². The van der Waals surface area contributed by atoms with Crippen molar-refractivity contribution < 1.29 is 4.42 Å². The molecular formula is C57H36N4O.